The van der Waals surface area contributed by atoms with Gasteiger partial charge in [-0.25, -0.2) is 0 Å². The van der Waals surface area contributed by atoms with Gasteiger partial charge in [0.1, 0.15) is 0 Å². The van der Waals surface area contributed by atoms with E-state index in [1.165, 1.54) is 19.4 Å². The number of allylic oxidation sites excluding steroid dienone is 2. The van der Waals surface area contributed by atoms with Gasteiger partial charge in [0.25, 0.3) is 0 Å². The number of hydrogen-bond donors (Lipinski definition) is 0. The molecule has 2 nitrogen and oxygen atoms in total. The van der Waals surface area contributed by atoms with Gasteiger partial charge in [0.05, 0.1) is 12.2 Å². The molecule has 2 aliphatic carbocycles. The summed E-state index contributed by atoms with van der Waals surface area (Å²) in [5.41, 5.74) is 0. The zero-order chi connectivity index (χ0) is 11.1. The Hall–Kier alpha value is -0.340. The predicted molar refractivity (Wildman–Crippen MR) is 65.3 cm³/mol. The summed E-state index contributed by atoms with van der Waals surface area (Å²) in [6.45, 7) is 7.94. The van der Waals surface area contributed by atoms with E-state index in [9.17, 15) is 0 Å². The van der Waals surface area contributed by atoms with Crippen LogP contribution in [0.3, 0.4) is 0 Å². The highest BCUT2D eigenvalue weighted by Gasteiger charge is 2.37. The Kier molecular flexibility index (Phi) is 2.80. The molecule has 0 aromatic rings. The summed E-state index contributed by atoms with van der Waals surface area (Å²) in [4.78, 5) is 2.62. The molecule has 5 unspecified atom stereocenters. The third-order valence-corrected chi connectivity index (χ3v) is 4.40. The smallest absolute Gasteiger partial charge is 0.0678 e. The van der Waals surface area contributed by atoms with Gasteiger partial charge in [0, 0.05) is 19.6 Å². The zero-order valence-corrected chi connectivity index (χ0v) is 10.4. The molecule has 0 spiro atoms. The first kappa shape index (κ1) is 10.8. The quantitative estimate of drug-likeness (QED) is 0.663. The van der Waals surface area contributed by atoms with Crippen LogP contribution in [0.4, 0.5) is 0 Å². The average Bonchev–Trinajstić information content (AvgIpc) is 2.77. The van der Waals surface area contributed by atoms with Crippen molar-refractivity contribution >= 4 is 0 Å². The minimum Gasteiger partial charge on any atom is -0.373 e. The first-order valence-electron chi connectivity index (χ1n) is 6.77. The van der Waals surface area contributed by atoms with E-state index in [0.29, 0.717) is 12.2 Å². The van der Waals surface area contributed by atoms with Crippen molar-refractivity contribution in [2.24, 2.45) is 17.8 Å². The van der Waals surface area contributed by atoms with Crippen LogP contribution in [0.15, 0.2) is 12.2 Å². The van der Waals surface area contributed by atoms with E-state index in [0.717, 1.165) is 30.8 Å². The van der Waals surface area contributed by atoms with Crippen LogP contribution >= 0.6 is 0 Å². The lowest BCUT2D eigenvalue weighted by atomic mass is 9.93. The van der Waals surface area contributed by atoms with Gasteiger partial charge >= 0.3 is 0 Å². The van der Waals surface area contributed by atoms with Gasteiger partial charge in [-0.1, -0.05) is 12.2 Å². The van der Waals surface area contributed by atoms with Gasteiger partial charge in [-0.15, -0.1) is 0 Å². The van der Waals surface area contributed by atoms with Crippen molar-refractivity contribution in [1.82, 2.24) is 4.90 Å². The molecule has 1 saturated heterocycles. The second kappa shape index (κ2) is 4.15. The molecule has 1 heterocycles. The lowest BCUT2D eigenvalue weighted by Gasteiger charge is -2.37. The normalized spacial score (nSPS) is 47.8. The highest BCUT2D eigenvalue weighted by molar-refractivity contribution is 5.10. The van der Waals surface area contributed by atoms with E-state index in [1.807, 2.05) is 0 Å². The van der Waals surface area contributed by atoms with Crippen LogP contribution in [0.2, 0.25) is 0 Å². The van der Waals surface area contributed by atoms with Crippen LogP contribution in [0.1, 0.15) is 26.7 Å². The Bertz CT molecular complexity index is 278. The van der Waals surface area contributed by atoms with E-state index < -0.39 is 0 Å². The van der Waals surface area contributed by atoms with Crippen molar-refractivity contribution in [2.45, 2.75) is 38.9 Å². The van der Waals surface area contributed by atoms with Gasteiger partial charge in [-0.2, -0.15) is 0 Å². The van der Waals surface area contributed by atoms with Crippen molar-refractivity contribution in [1.29, 1.82) is 0 Å². The van der Waals surface area contributed by atoms with Crippen LogP contribution in [0, 0.1) is 17.8 Å². The molecule has 0 aromatic carbocycles. The Morgan fingerprint density at radius 1 is 1.12 bits per heavy atom. The molecule has 1 aliphatic heterocycles. The van der Waals surface area contributed by atoms with Gasteiger partial charge in [-0.05, 0) is 44.4 Å². The van der Waals surface area contributed by atoms with E-state index in [2.05, 4.69) is 30.9 Å². The first-order valence-corrected chi connectivity index (χ1v) is 6.77. The number of rotatable bonds is 2. The molecule has 3 rings (SSSR count). The van der Waals surface area contributed by atoms with Gasteiger partial charge in [-0.3, -0.25) is 4.90 Å². The molecule has 0 N–H and O–H groups in total. The fourth-order valence-corrected chi connectivity index (χ4v) is 3.87. The maximum absolute atomic E-state index is 5.79. The SMILES string of the molecule is CC1CN(CC2CC3C=CC2C3)CC(C)O1. The van der Waals surface area contributed by atoms with Crippen molar-refractivity contribution in [3.8, 4) is 0 Å². The molecule has 0 radical (unpaired) electrons. The standard InChI is InChI=1S/C14H23NO/c1-10-7-15(8-11(2)16-10)9-14-6-12-3-4-13(14)5-12/h3-4,10-14H,5-9H2,1-2H3. The fraction of sp³-hybridized carbons (Fsp3) is 0.857. The minimum absolute atomic E-state index is 0.415. The molecule has 0 aromatic heterocycles. The summed E-state index contributed by atoms with van der Waals surface area (Å²) in [5.74, 6) is 2.72. The summed E-state index contributed by atoms with van der Waals surface area (Å²) in [5, 5.41) is 0. The molecule has 3 aliphatic rings. The largest absolute Gasteiger partial charge is 0.373 e. The second-order valence-corrected chi connectivity index (χ2v) is 6.02. The molecule has 90 valence electrons. The molecule has 2 bridgehead atoms. The summed E-state index contributed by atoms with van der Waals surface area (Å²) < 4.78 is 5.79. The molecule has 5 atom stereocenters. The second-order valence-electron chi connectivity index (χ2n) is 6.02. The third-order valence-electron chi connectivity index (χ3n) is 4.40. The molecule has 1 saturated carbocycles. The Balaban J connectivity index is 1.56. The highest BCUT2D eigenvalue weighted by atomic mass is 16.5. The van der Waals surface area contributed by atoms with Crippen molar-refractivity contribution < 1.29 is 4.74 Å². The van der Waals surface area contributed by atoms with Gasteiger partial charge in [0.2, 0.25) is 0 Å². The number of ether oxygens (including phenoxy) is 1. The number of nitrogens with zero attached hydrogens (tertiary/aromatic N) is 1. The summed E-state index contributed by atoms with van der Waals surface area (Å²) in [7, 11) is 0. The highest BCUT2D eigenvalue weighted by Crippen LogP contribution is 2.43. The van der Waals surface area contributed by atoms with Crippen LogP contribution in [-0.2, 0) is 4.74 Å². The van der Waals surface area contributed by atoms with E-state index in [1.54, 1.807) is 0 Å². The van der Waals surface area contributed by atoms with Crippen LogP contribution in [-0.4, -0.2) is 36.7 Å². The summed E-state index contributed by atoms with van der Waals surface area (Å²) >= 11 is 0. The number of fused-ring (bicyclic) bond motifs is 2. The lowest BCUT2D eigenvalue weighted by Crippen LogP contribution is -2.47. The van der Waals surface area contributed by atoms with Crippen LogP contribution in [0.25, 0.3) is 0 Å². The maximum atomic E-state index is 5.79. The lowest BCUT2D eigenvalue weighted by molar-refractivity contribution is -0.0721. The summed E-state index contributed by atoms with van der Waals surface area (Å²) in [6, 6.07) is 0. The van der Waals surface area contributed by atoms with E-state index in [-0.39, 0.29) is 0 Å². The van der Waals surface area contributed by atoms with Gasteiger partial charge < -0.3 is 4.74 Å². The van der Waals surface area contributed by atoms with Crippen molar-refractivity contribution in [3.05, 3.63) is 12.2 Å². The Labute approximate surface area is 98.6 Å². The van der Waals surface area contributed by atoms with E-state index >= 15 is 0 Å². The number of morpholine rings is 1. The van der Waals surface area contributed by atoms with Crippen LogP contribution < -0.4 is 0 Å². The predicted octanol–water partition coefficient (Wildman–Crippen LogP) is 2.31. The first-order chi connectivity index (χ1) is 7.70. The number of hydrogen-bond acceptors (Lipinski definition) is 2. The van der Waals surface area contributed by atoms with Crippen molar-refractivity contribution in [2.75, 3.05) is 19.6 Å². The minimum atomic E-state index is 0.415. The van der Waals surface area contributed by atoms with Crippen LogP contribution in [0.5, 0.6) is 0 Å². The monoisotopic (exact) mass is 221 g/mol. The molecule has 2 heteroatoms. The Morgan fingerprint density at radius 3 is 2.44 bits per heavy atom. The summed E-state index contributed by atoms with van der Waals surface area (Å²) in [6.07, 6.45) is 8.59. The average molecular weight is 221 g/mol. The fourth-order valence-electron chi connectivity index (χ4n) is 3.87. The molecule has 2 fully saturated rings. The zero-order valence-electron chi connectivity index (χ0n) is 10.4. The topological polar surface area (TPSA) is 12.5 Å². The molecular formula is C14H23NO. The Morgan fingerprint density at radius 2 is 1.88 bits per heavy atom. The molecule has 0 amide bonds. The molecule has 16 heavy (non-hydrogen) atoms. The van der Waals surface area contributed by atoms with Gasteiger partial charge in [0.15, 0.2) is 0 Å². The molecular weight excluding hydrogens is 198 g/mol. The third kappa shape index (κ3) is 2.05. The maximum Gasteiger partial charge on any atom is 0.0678 e. The van der Waals surface area contributed by atoms with Crippen molar-refractivity contribution in [3.63, 3.8) is 0 Å². The van der Waals surface area contributed by atoms with E-state index in [4.69, 9.17) is 4.74 Å².